The smallest absolute Gasteiger partial charge is 0.243 e. The molecule has 2 aromatic rings. The molecule has 0 bridgehead atoms. The first kappa shape index (κ1) is 12.6. The largest absolute Gasteiger partial charge is 1.00 e. The fourth-order valence-electron chi connectivity index (χ4n) is 1.58. The highest BCUT2D eigenvalue weighted by Crippen LogP contribution is 2.13. The van der Waals surface area contributed by atoms with Gasteiger partial charge in [0, 0.05) is 0 Å². The van der Waals surface area contributed by atoms with Crippen LogP contribution in [0.3, 0.4) is 0 Å². The molecule has 16 heavy (non-hydrogen) atoms. The molecule has 0 amide bonds. The van der Waals surface area contributed by atoms with Gasteiger partial charge in [0.05, 0.1) is 14.2 Å². The van der Waals surface area contributed by atoms with E-state index in [1.807, 2.05) is 29.9 Å². The summed E-state index contributed by atoms with van der Waals surface area (Å²) >= 11 is 0. The Labute approximate surface area is 102 Å². The van der Waals surface area contributed by atoms with Crippen LogP contribution in [-0.4, -0.2) is 11.7 Å². The van der Waals surface area contributed by atoms with Gasteiger partial charge in [-0.05, 0) is 17.7 Å². The SMILES string of the molecule is COc1cccc(Cn2cc[n+](C)c2)c1.[Cl-]. The molecular weight excluding hydrogens is 224 g/mol. The average Bonchev–Trinajstić information content (AvgIpc) is 2.64. The van der Waals surface area contributed by atoms with Crippen LogP contribution >= 0.6 is 0 Å². The number of halogens is 1. The van der Waals surface area contributed by atoms with E-state index in [1.165, 1.54) is 5.56 Å². The van der Waals surface area contributed by atoms with Crippen molar-refractivity contribution < 1.29 is 21.7 Å². The number of hydrogen-bond donors (Lipinski definition) is 0. The van der Waals surface area contributed by atoms with Crippen molar-refractivity contribution >= 4 is 0 Å². The van der Waals surface area contributed by atoms with E-state index in [1.54, 1.807) is 7.11 Å². The second-order valence-electron chi connectivity index (χ2n) is 3.60. The molecule has 4 heteroatoms. The number of methoxy groups -OCH3 is 1. The number of nitrogens with zero attached hydrogens (tertiary/aromatic N) is 2. The third-order valence-corrected chi connectivity index (χ3v) is 2.32. The van der Waals surface area contributed by atoms with E-state index in [2.05, 4.69) is 29.2 Å². The summed E-state index contributed by atoms with van der Waals surface area (Å²) in [5, 5.41) is 0. The Morgan fingerprint density at radius 2 is 2.19 bits per heavy atom. The van der Waals surface area contributed by atoms with Gasteiger partial charge in [0.15, 0.2) is 0 Å². The second-order valence-corrected chi connectivity index (χ2v) is 3.60. The average molecular weight is 239 g/mol. The van der Waals surface area contributed by atoms with Crippen LogP contribution in [0, 0.1) is 0 Å². The molecule has 0 N–H and O–H groups in total. The molecule has 0 aliphatic rings. The van der Waals surface area contributed by atoms with Gasteiger partial charge in [-0.1, -0.05) is 12.1 Å². The van der Waals surface area contributed by atoms with Gasteiger partial charge >= 0.3 is 0 Å². The number of rotatable bonds is 3. The molecule has 1 heterocycles. The molecule has 0 aliphatic heterocycles. The van der Waals surface area contributed by atoms with Gasteiger partial charge in [0.1, 0.15) is 24.7 Å². The maximum atomic E-state index is 5.18. The van der Waals surface area contributed by atoms with Gasteiger partial charge in [-0.2, -0.15) is 0 Å². The Morgan fingerprint density at radius 3 is 2.81 bits per heavy atom. The van der Waals surface area contributed by atoms with E-state index in [4.69, 9.17) is 4.74 Å². The molecule has 0 saturated carbocycles. The summed E-state index contributed by atoms with van der Waals surface area (Å²) in [4.78, 5) is 0. The van der Waals surface area contributed by atoms with Crippen molar-refractivity contribution in [2.24, 2.45) is 7.05 Å². The van der Waals surface area contributed by atoms with Gasteiger partial charge in [-0.15, -0.1) is 0 Å². The number of aromatic nitrogens is 2. The van der Waals surface area contributed by atoms with Crippen molar-refractivity contribution in [1.29, 1.82) is 0 Å². The van der Waals surface area contributed by atoms with E-state index in [-0.39, 0.29) is 12.4 Å². The van der Waals surface area contributed by atoms with E-state index in [0.29, 0.717) is 0 Å². The minimum atomic E-state index is 0. The number of benzene rings is 1. The van der Waals surface area contributed by atoms with Crippen molar-refractivity contribution in [3.63, 3.8) is 0 Å². The quantitative estimate of drug-likeness (QED) is 0.588. The molecule has 0 radical (unpaired) electrons. The van der Waals surface area contributed by atoms with Crippen LogP contribution in [0.15, 0.2) is 43.0 Å². The lowest BCUT2D eigenvalue weighted by Crippen LogP contribution is -3.00. The molecule has 0 saturated heterocycles. The molecular formula is C12H15ClN2O. The molecule has 0 fully saturated rings. The summed E-state index contributed by atoms with van der Waals surface area (Å²) in [5.41, 5.74) is 1.24. The van der Waals surface area contributed by atoms with Gasteiger partial charge in [-0.25, -0.2) is 9.13 Å². The molecule has 0 spiro atoms. The molecule has 1 aromatic carbocycles. The zero-order chi connectivity index (χ0) is 10.7. The van der Waals surface area contributed by atoms with Gasteiger partial charge in [0.25, 0.3) is 0 Å². The molecule has 1 aromatic heterocycles. The Bertz CT molecular complexity index is 454. The predicted molar refractivity (Wildman–Crippen MR) is 57.7 cm³/mol. The summed E-state index contributed by atoms with van der Waals surface area (Å²) < 4.78 is 9.34. The number of hydrogen-bond acceptors (Lipinski definition) is 1. The van der Waals surface area contributed by atoms with Crippen LogP contribution in [-0.2, 0) is 13.6 Å². The summed E-state index contributed by atoms with van der Waals surface area (Å²) in [5.74, 6) is 0.907. The van der Waals surface area contributed by atoms with Gasteiger partial charge in [0.2, 0.25) is 6.33 Å². The van der Waals surface area contributed by atoms with Crippen LogP contribution in [0.25, 0.3) is 0 Å². The first-order valence-electron chi connectivity index (χ1n) is 4.92. The Balaban J connectivity index is 0.00000128. The lowest BCUT2D eigenvalue weighted by Gasteiger charge is -2.01. The minimum absolute atomic E-state index is 0. The summed E-state index contributed by atoms with van der Waals surface area (Å²) in [6, 6.07) is 8.12. The highest BCUT2D eigenvalue weighted by Gasteiger charge is 2.02. The van der Waals surface area contributed by atoms with Crippen molar-refractivity contribution in [2.45, 2.75) is 6.54 Å². The van der Waals surface area contributed by atoms with Gasteiger partial charge in [-0.3, -0.25) is 0 Å². The zero-order valence-electron chi connectivity index (χ0n) is 9.43. The van der Waals surface area contributed by atoms with Crippen molar-refractivity contribution in [2.75, 3.05) is 7.11 Å². The second kappa shape index (κ2) is 5.56. The highest BCUT2D eigenvalue weighted by molar-refractivity contribution is 5.28. The number of aryl methyl sites for hydroxylation is 1. The van der Waals surface area contributed by atoms with E-state index >= 15 is 0 Å². The van der Waals surface area contributed by atoms with Crippen molar-refractivity contribution in [3.05, 3.63) is 48.5 Å². The van der Waals surface area contributed by atoms with E-state index in [9.17, 15) is 0 Å². The normalized spacial score (nSPS) is 9.62. The maximum Gasteiger partial charge on any atom is 0.243 e. The lowest BCUT2D eigenvalue weighted by molar-refractivity contribution is -0.671. The summed E-state index contributed by atoms with van der Waals surface area (Å²) in [7, 11) is 3.71. The predicted octanol–water partition coefficient (Wildman–Crippen LogP) is -1.63. The fraction of sp³-hybridized carbons (Fsp3) is 0.250. The van der Waals surface area contributed by atoms with Gasteiger partial charge < -0.3 is 17.1 Å². The maximum absolute atomic E-state index is 5.18. The van der Waals surface area contributed by atoms with E-state index < -0.39 is 0 Å². The molecule has 2 rings (SSSR count). The lowest BCUT2D eigenvalue weighted by atomic mass is 10.2. The van der Waals surface area contributed by atoms with Crippen LogP contribution in [0.2, 0.25) is 0 Å². The molecule has 0 atom stereocenters. The Kier molecular flexibility index (Phi) is 4.38. The molecule has 86 valence electrons. The zero-order valence-corrected chi connectivity index (χ0v) is 10.2. The molecule has 0 aliphatic carbocycles. The van der Waals surface area contributed by atoms with Crippen molar-refractivity contribution in [3.8, 4) is 5.75 Å². The monoisotopic (exact) mass is 238 g/mol. The third kappa shape index (κ3) is 3.00. The number of imidazole rings is 1. The summed E-state index contributed by atoms with van der Waals surface area (Å²) in [6.45, 7) is 0.873. The topological polar surface area (TPSA) is 18.0 Å². The third-order valence-electron chi connectivity index (χ3n) is 2.32. The Morgan fingerprint density at radius 1 is 1.38 bits per heavy atom. The van der Waals surface area contributed by atoms with Crippen LogP contribution < -0.4 is 21.7 Å². The standard InChI is InChI=1S/C12H15N2O.ClH/c1-13-6-7-14(10-13)9-11-4-3-5-12(8-11)15-2;/h3-8,10H,9H2,1-2H3;1H/q+1;/p-1. The van der Waals surface area contributed by atoms with Crippen molar-refractivity contribution in [1.82, 2.24) is 4.57 Å². The van der Waals surface area contributed by atoms with Crippen LogP contribution in [0.1, 0.15) is 5.56 Å². The number of ether oxygens (including phenoxy) is 1. The highest BCUT2D eigenvalue weighted by atomic mass is 35.5. The first-order valence-corrected chi connectivity index (χ1v) is 4.92. The minimum Gasteiger partial charge on any atom is -1.00 e. The van der Waals surface area contributed by atoms with Crippen LogP contribution in [0.4, 0.5) is 0 Å². The van der Waals surface area contributed by atoms with E-state index in [0.717, 1.165) is 12.3 Å². The first-order chi connectivity index (χ1) is 7.28. The Hall–Kier alpha value is -1.48. The molecule has 3 nitrogen and oxygen atoms in total. The summed E-state index contributed by atoms with van der Waals surface area (Å²) in [6.07, 6.45) is 6.14. The fourth-order valence-corrected chi connectivity index (χ4v) is 1.58. The van der Waals surface area contributed by atoms with Crippen LogP contribution in [0.5, 0.6) is 5.75 Å². The molecule has 0 unspecified atom stereocenters.